The highest BCUT2D eigenvalue weighted by Gasteiger charge is 2.34. The van der Waals surface area contributed by atoms with Gasteiger partial charge in [-0.25, -0.2) is 0 Å². The molecule has 0 radical (unpaired) electrons. The molecule has 0 N–H and O–H groups in total. The molecule has 1 aromatic rings. The molecule has 3 rings (SSSR count). The number of hydrogen-bond acceptors (Lipinski definition) is 2. The molecule has 1 amide bonds. The van der Waals surface area contributed by atoms with E-state index in [1.54, 1.807) is 0 Å². The van der Waals surface area contributed by atoms with Gasteiger partial charge in [0.05, 0.1) is 17.3 Å². The van der Waals surface area contributed by atoms with Gasteiger partial charge in [0.15, 0.2) is 0 Å². The number of fused-ring (bicyclic) bond motifs is 2. The van der Waals surface area contributed by atoms with Gasteiger partial charge >= 0.3 is 0 Å². The Bertz CT molecular complexity index is 479. The van der Waals surface area contributed by atoms with Gasteiger partial charge in [0.25, 0.3) is 5.91 Å². The first-order chi connectivity index (χ1) is 7.77. The highest BCUT2D eigenvalue weighted by atomic mass is 16.2. The lowest BCUT2D eigenvalue weighted by molar-refractivity contribution is 0.0773. The second-order valence-corrected chi connectivity index (χ2v) is 4.43. The summed E-state index contributed by atoms with van der Waals surface area (Å²) in [7, 11) is 0. The summed E-state index contributed by atoms with van der Waals surface area (Å²) in [5, 5.41) is 0. The quantitative estimate of drug-likeness (QED) is 0.652. The van der Waals surface area contributed by atoms with Crippen molar-refractivity contribution >= 4 is 17.3 Å². The molecule has 1 fully saturated rings. The average molecular weight is 214 g/mol. The van der Waals surface area contributed by atoms with Crippen LogP contribution in [0.2, 0.25) is 0 Å². The van der Waals surface area contributed by atoms with Gasteiger partial charge in [-0.15, -0.1) is 0 Å². The zero-order chi connectivity index (χ0) is 11.1. The van der Waals surface area contributed by atoms with Crippen LogP contribution < -0.4 is 0 Å². The molecule has 3 heteroatoms. The summed E-state index contributed by atoms with van der Waals surface area (Å²) in [6.45, 7) is 2.89. The molecule has 16 heavy (non-hydrogen) atoms. The van der Waals surface area contributed by atoms with Crippen molar-refractivity contribution in [3.05, 3.63) is 29.8 Å². The zero-order valence-electron chi connectivity index (χ0n) is 9.31. The van der Waals surface area contributed by atoms with E-state index in [-0.39, 0.29) is 11.9 Å². The molecule has 0 aliphatic carbocycles. The van der Waals surface area contributed by atoms with Crippen molar-refractivity contribution in [2.45, 2.75) is 25.8 Å². The highest BCUT2D eigenvalue weighted by Crippen LogP contribution is 2.30. The standard InChI is InChI=1S/C13H14N2O/c1-9-12-7-4-8-15(12)13(16)10-5-2-3-6-11(10)14-9/h2-3,5-6,12H,4,7-8H2,1H3/t12-/m0/s1. The highest BCUT2D eigenvalue weighted by molar-refractivity contribution is 6.06. The molecule has 0 saturated carbocycles. The van der Waals surface area contributed by atoms with Crippen LogP contribution >= 0.6 is 0 Å². The number of carbonyl (C=O) groups is 1. The Morgan fingerprint density at radius 3 is 3.06 bits per heavy atom. The minimum absolute atomic E-state index is 0.138. The topological polar surface area (TPSA) is 32.7 Å². The maximum absolute atomic E-state index is 12.3. The van der Waals surface area contributed by atoms with Gasteiger partial charge in [-0.2, -0.15) is 0 Å². The van der Waals surface area contributed by atoms with E-state index in [0.717, 1.165) is 36.3 Å². The fraction of sp³-hybridized carbons (Fsp3) is 0.385. The number of carbonyl (C=O) groups excluding carboxylic acids is 1. The molecule has 1 saturated heterocycles. The van der Waals surface area contributed by atoms with Crippen molar-refractivity contribution in [3.8, 4) is 0 Å². The predicted molar refractivity (Wildman–Crippen MR) is 63.3 cm³/mol. The Morgan fingerprint density at radius 1 is 1.38 bits per heavy atom. The van der Waals surface area contributed by atoms with Crippen LogP contribution in [-0.2, 0) is 0 Å². The van der Waals surface area contributed by atoms with Gasteiger partial charge in [0, 0.05) is 12.3 Å². The maximum atomic E-state index is 12.3. The molecule has 0 spiro atoms. The third kappa shape index (κ3) is 1.28. The van der Waals surface area contributed by atoms with Crippen LogP contribution in [0.25, 0.3) is 0 Å². The maximum Gasteiger partial charge on any atom is 0.256 e. The molecule has 1 aromatic carbocycles. The fourth-order valence-corrected chi connectivity index (χ4v) is 2.62. The van der Waals surface area contributed by atoms with E-state index in [2.05, 4.69) is 4.99 Å². The third-order valence-electron chi connectivity index (χ3n) is 3.43. The minimum atomic E-state index is 0.138. The summed E-state index contributed by atoms with van der Waals surface area (Å²) < 4.78 is 0. The lowest BCUT2D eigenvalue weighted by Crippen LogP contribution is -2.38. The number of rotatable bonds is 0. The Kier molecular flexibility index (Phi) is 2.06. The second-order valence-electron chi connectivity index (χ2n) is 4.43. The average Bonchev–Trinajstić information content (AvgIpc) is 2.74. The first-order valence-electron chi connectivity index (χ1n) is 5.72. The van der Waals surface area contributed by atoms with E-state index in [1.807, 2.05) is 36.1 Å². The summed E-state index contributed by atoms with van der Waals surface area (Å²) in [6.07, 6.45) is 2.14. The molecular formula is C13H14N2O. The summed E-state index contributed by atoms with van der Waals surface area (Å²) in [6, 6.07) is 7.84. The van der Waals surface area contributed by atoms with Gasteiger partial charge < -0.3 is 4.90 Å². The van der Waals surface area contributed by atoms with E-state index in [1.165, 1.54) is 0 Å². The second kappa shape index (κ2) is 3.44. The minimum Gasteiger partial charge on any atom is -0.330 e. The fourth-order valence-electron chi connectivity index (χ4n) is 2.62. The van der Waals surface area contributed by atoms with E-state index in [4.69, 9.17) is 0 Å². The summed E-state index contributed by atoms with van der Waals surface area (Å²) in [5.74, 6) is 0.138. The molecule has 82 valence electrons. The third-order valence-corrected chi connectivity index (χ3v) is 3.43. The Labute approximate surface area is 94.8 Å². The van der Waals surface area contributed by atoms with Gasteiger partial charge in [-0.05, 0) is 31.9 Å². The number of aliphatic imine (C=N–C) groups is 1. The Morgan fingerprint density at radius 2 is 2.19 bits per heavy atom. The van der Waals surface area contributed by atoms with E-state index in [0.29, 0.717) is 0 Å². The van der Waals surface area contributed by atoms with Crippen LogP contribution in [0.1, 0.15) is 30.1 Å². The zero-order valence-corrected chi connectivity index (χ0v) is 9.31. The molecule has 0 aromatic heterocycles. The van der Waals surface area contributed by atoms with Crippen molar-refractivity contribution < 1.29 is 4.79 Å². The van der Waals surface area contributed by atoms with Gasteiger partial charge in [0.2, 0.25) is 0 Å². The van der Waals surface area contributed by atoms with Gasteiger partial charge in [-0.1, -0.05) is 12.1 Å². The van der Waals surface area contributed by atoms with E-state index >= 15 is 0 Å². The number of benzene rings is 1. The first-order valence-corrected chi connectivity index (χ1v) is 5.72. The Hall–Kier alpha value is -1.64. The van der Waals surface area contributed by atoms with Crippen LogP contribution in [0, 0.1) is 0 Å². The van der Waals surface area contributed by atoms with E-state index in [9.17, 15) is 4.79 Å². The SMILES string of the molecule is CC1=Nc2ccccc2C(=O)N2CCC[C@@H]12. The van der Waals surface area contributed by atoms with Gasteiger partial charge in [0.1, 0.15) is 0 Å². The number of hydrogen-bond donors (Lipinski definition) is 0. The monoisotopic (exact) mass is 214 g/mol. The van der Waals surface area contributed by atoms with Crippen LogP contribution in [0.5, 0.6) is 0 Å². The van der Waals surface area contributed by atoms with Gasteiger partial charge in [-0.3, -0.25) is 9.79 Å². The van der Waals surface area contributed by atoms with Crippen molar-refractivity contribution in [2.75, 3.05) is 6.54 Å². The van der Waals surface area contributed by atoms with Crippen LogP contribution in [0.4, 0.5) is 5.69 Å². The molecule has 3 nitrogen and oxygen atoms in total. The summed E-state index contributed by atoms with van der Waals surface area (Å²) in [4.78, 5) is 18.9. The smallest absolute Gasteiger partial charge is 0.256 e. The van der Waals surface area contributed by atoms with E-state index < -0.39 is 0 Å². The largest absolute Gasteiger partial charge is 0.330 e. The van der Waals surface area contributed by atoms with Crippen LogP contribution in [0.3, 0.4) is 0 Å². The molecule has 1 atom stereocenters. The van der Waals surface area contributed by atoms with Crippen LogP contribution in [-0.4, -0.2) is 29.1 Å². The molecule has 2 aliphatic rings. The lowest BCUT2D eigenvalue weighted by atomic mass is 10.1. The first kappa shape index (κ1) is 9.58. The molecule has 0 bridgehead atoms. The molecule has 2 aliphatic heterocycles. The molecule has 0 unspecified atom stereocenters. The Balaban J connectivity index is 2.17. The normalized spacial score (nSPS) is 23.6. The lowest BCUT2D eigenvalue weighted by Gasteiger charge is -2.22. The summed E-state index contributed by atoms with van der Waals surface area (Å²) in [5.41, 5.74) is 2.63. The van der Waals surface area contributed by atoms with Crippen molar-refractivity contribution in [1.82, 2.24) is 4.90 Å². The number of para-hydroxylation sites is 1. The summed E-state index contributed by atoms with van der Waals surface area (Å²) >= 11 is 0. The van der Waals surface area contributed by atoms with Crippen LogP contribution in [0.15, 0.2) is 29.3 Å². The number of nitrogens with zero attached hydrogens (tertiary/aromatic N) is 2. The molecular weight excluding hydrogens is 200 g/mol. The van der Waals surface area contributed by atoms with Crippen molar-refractivity contribution in [3.63, 3.8) is 0 Å². The molecule has 2 heterocycles. The predicted octanol–water partition coefficient (Wildman–Crippen LogP) is 2.40. The van der Waals surface area contributed by atoms with Crippen molar-refractivity contribution in [1.29, 1.82) is 0 Å². The van der Waals surface area contributed by atoms with Crippen molar-refractivity contribution in [2.24, 2.45) is 4.99 Å². The number of amides is 1.